The number of anilines is 2. The average molecular weight is 235 g/mol. The van der Waals surface area contributed by atoms with Gasteiger partial charge in [-0.3, -0.25) is 4.98 Å². The molecule has 1 aromatic rings. The van der Waals surface area contributed by atoms with E-state index in [1.54, 1.807) is 0 Å². The van der Waals surface area contributed by atoms with Crippen LogP contribution in [-0.4, -0.2) is 36.3 Å². The number of aromatic nitrogens is 1. The Balaban J connectivity index is 2.16. The monoisotopic (exact) mass is 235 g/mol. The maximum absolute atomic E-state index is 9.13. The lowest BCUT2D eigenvalue weighted by atomic mass is 9.99. The van der Waals surface area contributed by atoms with Crippen LogP contribution in [0.4, 0.5) is 11.4 Å². The van der Waals surface area contributed by atoms with Crippen molar-refractivity contribution in [1.82, 2.24) is 4.98 Å². The zero-order chi connectivity index (χ0) is 12.1. The molecule has 2 N–H and O–H groups in total. The van der Waals surface area contributed by atoms with Crippen molar-refractivity contribution in [1.29, 1.82) is 0 Å². The lowest BCUT2D eigenvalue weighted by Gasteiger charge is -2.37. The number of piperidine rings is 1. The lowest BCUT2D eigenvalue weighted by molar-refractivity contribution is 0.262. The third-order valence-corrected chi connectivity index (χ3v) is 3.43. The fourth-order valence-corrected chi connectivity index (χ4v) is 2.51. The quantitative estimate of drug-likeness (QED) is 0.836. The first kappa shape index (κ1) is 12.2. The topological polar surface area (TPSA) is 48.4 Å². The van der Waals surface area contributed by atoms with Gasteiger partial charge in [-0.15, -0.1) is 0 Å². The molecular weight excluding hydrogens is 214 g/mol. The highest BCUT2D eigenvalue weighted by Gasteiger charge is 2.22. The zero-order valence-electron chi connectivity index (χ0n) is 10.4. The van der Waals surface area contributed by atoms with Gasteiger partial charge in [-0.1, -0.05) is 0 Å². The second kappa shape index (κ2) is 5.87. The van der Waals surface area contributed by atoms with Gasteiger partial charge in [0.05, 0.1) is 23.8 Å². The molecule has 94 valence electrons. The minimum atomic E-state index is 0.264. The number of pyridine rings is 1. The Morgan fingerprint density at radius 2 is 2.35 bits per heavy atom. The Morgan fingerprint density at radius 3 is 3.12 bits per heavy atom. The maximum Gasteiger partial charge on any atom is 0.0576 e. The van der Waals surface area contributed by atoms with E-state index in [1.165, 1.54) is 19.3 Å². The predicted octanol–water partition coefficient (Wildman–Crippen LogP) is 1.86. The van der Waals surface area contributed by atoms with Crippen molar-refractivity contribution in [2.24, 2.45) is 0 Å². The molecule has 0 bridgehead atoms. The van der Waals surface area contributed by atoms with Gasteiger partial charge in [-0.05, 0) is 31.7 Å². The molecule has 1 saturated heterocycles. The highest BCUT2D eigenvalue weighted by Crippen LogP contribution is 2.27. The highest BCUT2D eigenvalue weighted by molar-refractivity contribution is 5.56. The smallest absolute Gasteiger partial charge is 0.0576 e. The van der Waals surface area contributed by atoms with E-state index in [4.69, 9.17) is 5.11 Å². The molecule has 2 rings (SSSR count). The van der Waals surface area contributed by atoms with Gasteiger partial charge in [0, 0.05) is 26.2 Å². The van der Waals surface area contributed by atoms with Gasteiger partial charge in [0.1, 0.15) is 0 Å². The summed E-state index contributed by atoms with van der Waals surface area (Å²) in [7, 11) is 1.90. The standard InChI is InChI=1S/C13H21N3O/c1-14-11-8-13(10-15-9-11)16-6-3-2-4-12(16)5-7-17/h8-10,12,14,17H,2-7H2,1H3. The molecule has 4 nitrogen and oxygen atoms in total. The number of nitrogens with zero attached hydrogens (tertiary/aromatic N) is 2. The second-order valence-corrected chi connectivity index (χ2v) is 4.54. The first-order chi connectivity index (χ1) is 8.35. The SMILES string of the molecule is CNc1cncc(N2CCCCC2CCO)c1. The van der Waals surface area contributed by atoms with Crippen LogP contribution in [0, 0.1) is 0 Å². The first-order valence-corrected chi connectivity index (χ1v) is 6.35. The van der Waals surface area contributed by atoms with Crippen molar-refractivity contribution in [2.75, 3.05) is 30.4 Å². The molecule has 0 radical (unpaired) electrons. The van der Waals surface area contributed by atoms with Gasteiger partial charge < -0.3 is 15.3 Å². The molecule has 2 heterocycles. The zero-order valence-corrected chi connectivity index (χ0v) is 10.4. The van der Waals surface area contributed by atoms with Crippen molar-refractivity contribution in [3.8, 4) is 0 Å². The molecule has 0 aliphatic carbocycles. The lowest BCUT2D eigenvalue weighted by Crippen LogP contribution is -2.40. The van der Waals surface area contributed by atoms with Crippen LogP contribution in [0.1, 0.15) is 25.7 Å². The highest BCUT2D eigenvalue weighted by atomic mass is 16.3. The molecule has 0 aromatic carbocycles. The van der Waals surface area contributed by atoms with E-state index in [2.05, 4.69) is 21.3 Å². The predicted molar refractivity (Wildman–Crippen MR) is 70.5 cm³/mol. The Kier molecular flexibility index (Phi) is 4.20. The van der Waals surface area contributed by atoms with E-state index in [1.807, 2.05) is 19.4 Å². The van der Waals surface area contributed by atoms with E-state index in [0.717, 1.165) is 24.3 Å². The number of hydrogen-bond acceptors (Lipinski definition) is 4. The Hall–Kier alpha value is -1.29. The molecule has 0 amide bonds. The van der Waals surface area contributed by atoms with Crippen molar-refractivity contribution in [3.05, 3.63) is 18.5 Å². The summed E-state index contributed by atoms with van der Waals surface area (Å²) in [6.07, 6.45) is 8.26. The summed E-state index contributed by atoms with van der Waals surface area (Å²) in [5.41, 5.74) is 2.20. The molecule has 1 aromatic heterocycles. The normalized spacial score (nSPS) is 20.4. The molecule has 17 heavy (non-hydrogen) atoms. The molecule has 0 saturated carbocycles. The van der Waals surface area contributed by atoms with Crippen molar-refractivity contribution in [2.45, 2.75) is 31.7 Å². The van der Waals surface area contributed by atoms with Crippen LogP contribution in [0.2, 0.25) is 0 Å². The molecule has 1 unspecified atom stereocenters. The Morgan fingerprint density at radius 1 is 1.47 bits per heavy atom. The largest absolute Gasteiger partial charge is 0.396 e. The summed E-state index contributed by atoms with van der Waals surface area (Å²) < 4.78 is 0. The minimum absolute atomic E-state index is 0.264. The van der Waals surface area contributed by atoms with Crippen molar-refractivity contribution >= 4 is 11.4 Å². The van der Waals surface area contributed by atoms with Crippen LogP contribution in [0.5, 0.6) is 0 Å². The number of nitrogens with one attached hydrogen (secondary N) is 1. The van der Waals surface area contributed by atoms with E-state index < -0.39 is 0 Å². The van der Waals surface area contributed by atoms with Crippen molar-refractivity contribution in [3.63, 3.8) is 0 Å². The fraction of sp³-hybridized carbons (Fsp3) is 0.615. The van der Waals surface area contributed by atoms with Gasteiger partial charge in [-0.25, -0.2) is 0 Å². The van der Waals surface area contributed by atoms with Crippen LogP contribution in [0.15, 0.2) is 18.5 Å². The molecule has 0 spiro atoms. The first-order valence-electron chi connectivity index (χ1n) is 6.35. The van der Waals surface area contributed by atoms with Gasteiger partial charge >= 0.3 is 0 Å². The van der Waals surface area contributed by atoms with Crippen LogP contribution in [-0.2, 0) is 0 Å². The van der Waals surface area contributed by atoms with Gasteiger partial charge in [0.25, 0.3) is 0 Å². The summed E-state index contributed by atoms with van der Waals surface area (Å²) in [6, 6.07) is 2.59. The minimum Gasteiger partial charge on any atom is -0.396 e. The van der Waals surface area contributed by atoms with Gasteiger partial charge in [-0.2, -0.15) is 0 Å². The molecule has 1 aliphatic rings. The van der Waals surface area contributed by atoms with E-state index in [9.17, 15) is 0 Å². The summed E-state index contributed by atoms with van der Waals surface area (Å²) in [5, 5.41) is 12.2. The Labute approximate surface area is 103 Å². The number of aliphatic hydroxyl groups is 1. The van der Waals surface area contributed by atoms with E-state index >= 15 is 0 Å². The van der Waals surface area contributed by atoms with Crippen LogP contribution >= 0.6 is 0 Å². The fourth-order valence-electron chi connectivity index (χ4n) is 2.51. The van der Waals surface area contributed by atoms with E-state index in [-0.39, 0.29) is 6.61 Å². The number of rotatable bonds is 4. The third kappa shape index (κ3) is 2.88. The second-order valence-electron chi connectivity index (χ2n) is 4.54. The van der Waals surface area contributed by atoms with Crippen LogP contribution in [0.3, 0.4) is 0 Å². The van der Waals surface area contributed by atoms with Crippen LogP contribution < -0.4 is 10.2 Å². The molecule has 1 fully saturated rings. The molecule has 1 atom stereocenters. The summed E-state index contributed by atoms with van der Waals surface area (Å²) in [5.74, 6) is 0. The molecule has 1 aliphatic heterocycles. The van der Waals surface area contributed by atoms with Gasteiger partial charge in [0.15, 0.2) is 0 Å². The maximum atomic E-state index is 9.13. The molecular formula is C13H21N3O. The summed E-state index contributed by atoms with van der Waals surface area (Å²) in [6.45, 7) is 1.33. The van der Waals surface area contributed by atoms with Crippen molar-refractivity contribution < 1.29 is 5.11 Å². The third-order valence-electron chi connectivity index (χ3n) is 3.43. The van der Waals surface area contributed by atoms with Crippen LogP contribution in [0.25, 0.3) is 0 Å². The number of aliphatic hydroxyl groups excluding tert-OH is 1. The average Bonchev–Trinajstić information content (AvgIpc) is 2.40. The van der Waals surface area contributed by atoms with Gasteiger partial charge in [0.2, 0.25) is 0 Å². The Bertz CT molecular complexity index is 354. The van der Waals surface area contributed by atoms with E-state index in [0.29, 0.717) is 6.04 Å². The molecule has 4 heteroatoms. The number of hydrogen-bond donors (Lipinski definition) is 2. The summed E-state index contributed by atoms with van der Waals surface area (Å²) in [4.78, 5) is 6.64. The summed E-state index contributed by atoms with van der Waals surface area (Å²) >= 11 is 0.